The van der Waals surface area contributed by atoms with Gasteiger partial charge in [-0.05, 0) is 74.8 Å². The predicted octanol–water partition coefficient (Wildman–Crippen LogP) is 0.460. The molecule has 1 heterocycles. The lowest BCUT2D eigenvalue weighted by Crippen LogP contribution is -3.13. The maximum absolute atomic E-state index is 6.36. The summed E-state index contributed by atoms with van der Waals surface area (Å²) in [5.41, 5.74) is 2.72. The lowest BCUT2D eigenvalue weighted by molar-refractivity contribution is -0.905. The maximum atomic E-state index is 6.36. The van der Waals surface area contributed by atoms with Gasteiger partial charge in [-0.15, -0.1) is 0 Å². The molecule has 1 N–H and O–H groups in total. The molecule has 3 nitrogen and oxygen atoms in total. The van der Waals surface area contributed by atoms with E-state index >= 15 is 0 Å². The molecule has 0 aromatic heterocycles. The van der Waals surface area contributed by atoms with E-state index < -0.39 is 0 Å². The summed E-state index contributed by atoms with van der Waals surface area (Å²) in [5.74, 6) is 2.05. The molecular weight excluding hydrogens is 334 g/mol. The Balaban J connectivity index is 0.00000225. The minimum atomic E-state index is 0. The number of halogens is 1. The van der Waals surface area contributed by atoms with E-state index in [2.05, 4.69) is 12.1 Å². The molecule has 4 heteroatoms. The summed E-state index contributed by atoms with van der Waals surface area (Å²) in [6.07, 6.45) is 10.5. The van der Waals surface area contributed by atoms with E-state index in [0.717, 1.165) is 24.7 Å². The number of piperidine rings is 1. The monoisotopic (exact) mass is 365 g/mol. The summed E-state index contributed by atoms with van der Waals surface area (Å²) in [7, 11) is 1.72. The number of benzene rings is 1. The molecule has 0 spiro atoms. The molecule has 0 bridgehead atoms. The second kappa shape index (κ2) is 10.7. The highest BCUT2D eigenvalue weighted by molar-refractivity contribution is 5.64. The molecule has 0 radical (unpaired) electrons. The molecule has 0 unspecified atom stereocenters. The Morgan fingerprint density at radius 3 is 2.20 bits per heavy atom. The van der Waals surface area contributed by atoms with Gasteiger partial charge < -0.3 is 26.8 Å². The van der Waals surface area contributed by atoms with Crippen molar-refractivity contribution in [1.29, 1.82) is 0 Å². The van der Waals surface area contributed by atoms with Gasteiger partial charge in [-0.2, -0.15) is 0 Å². The Bertz CT molecular complexity index is 527. The van der Waals surface area contributed by atoms with Crippen molar-refractivity contribution in [3.63, 3.8) is 0 Å². The first-order valence-corrected chi connectivity index (χ1v) is 9.69. The summed E-state index contributed by atoms with van der Waals surface area (Å²) < 4.78 is 11.7. The molecule has 2 fully saturated rings. The van der Waals surface area contributed by atoms with E-state index in [0.29, 0.717) is 0 Å². The third-order valence-corrected chi connectivity index (χ3v) is 5.39. The molecule has 1 aromatic rings. The van der Waals surface area contributed by atoms with Gasteiger partial charge in [-0.25, -0.2) is 0 Å². The minimum absolute atomic E-state index is 0. The molecule has 25 heavy (non-hydrogen) atoms. The highest BCUT2D eigenvalue weighted by Crippen LogP contribution is 2.32. The number of likely N-dealkylation sites (tertiary alicyclic amines) is 1. The van der Waals surface area contributed by atoms with Crippen LogP contribution < -0.4 is 22.0 Å². The molecule has 0 amide bonds. The Labute approximate surface area is 158 Å². The van der Waals surface area contributed by atoms with Gasteiger partial charge in [0.1, 0.15) is 24.7 Å². The van der Waals surface area contributed by atoms with Gasteiger partial charge in [-0.3, -0.25) is 0 Å². The number of rotatable bonds is 6. The smallest absolute Gasteiger partial charge is 0.137 e. The topological polar surface area (TPSA) is 22.9 Å². The third-order valence-electron chi connectivity index (χ3n) is 5.39. The summed E-state index contributed by atoms with van der Waals surface area (Å²) in [5, 5.41) is 0. The zero-order valence-electron chi connectivity index (χ0n) is 15.5. The SMILES string of the molecule is COc1ccc(C(OCC[NH+]2CCCCC2)=C2CCCCC2)cc1.[Cl-]. The summed E-state index contributed by atoms with van der Waals surface area (Å²) in [6.45, 7) is 4.60. The van der Waals surface area contributed by atoms with Gasteiger partial charge in [0.2, 0.25) is 0 Å². The van der Waals surface area contributed by atoms with E-state index in [9.17, 15) is 0 Å². The number of nitrogens with one attached hydrogen (secondary N) is 1. The van der Waals surface area contributed by atoms with Crippen molar-refractivity contribution in [2.45, 2.75) is 51.4 Å². The summed E-state index contributed by atoms with van der Waals surface area (Å²) in [6, 6.07) is 8.36. The Morgan fingerprint density at radius 2 is 1.56 bits per heavy atom. The van der Waals surface area contributed by atoms with E-state index in [1.54, 1.807) is 12.0 Å². The molecule has 3 rings (SSSR count). The Hall–Kier alpha value is -1.19. The van der Waals surface area contributed by atoms with Crippen LogP contribution in [0.1, 0.15) is 56.9 Å². The van der Waals surface area contributed by atoms with Crippen LogP contribution in [-0.4, -0.2) is 33.4 Å². The van der Waals surface area contributed by atoms with Crippen molar-refractivity contribution in [2.75, 3.05) is 33.4 Å². The molecule has 2 aliphatic rings. The van der Waals surface area contributed by atoms with E-state index in [1.807, 2.05) is 12.1 Å². The molecular formula is C21H32ClNO2. The number of hydrogen-bond donors (Lipinski definition) is 1. The predicted molar refractivity (Wildman–Crippen MR) is 98.4 cm³/mol. The Morgan fingerprint density at radius 1 is 0.920 bits per heavy atom. The van der Waals surface area contributed by atoms with Crippen LogP contribution in [0.5, 0.6) is 5.75 Å². The second-order valence-corrected chi connectivity index (χ2v) is 7.13. The first-order valence-electron chi connectivity index (χ1n) is 9.69. The van der Waals surface area contributed by atoms with Gasteiger partial charge in [-0.1, -0.05) is 6.42 Å². The lowest BCUT2D eigenvalue weighted by atomic mass is 9.92. The lowest BCUT2D eigenvalue weighted by Gasteiger charge is -2.25. The quantitative estimate of drug-likeness (QED) is 0.740. The summed E-state index contributed by atoms with van der Waals surface area (Å²) in [4.78, 5) is 1.71. The zero-order valence-corrected chi connectivity index (χ0v) is 16.2. The van der Waals surface area contributed by atoms with Crippen molar-refractivity contribution >= 4 is 5.76 Å². The molecule has 140 valence electrons. The standard InChI is InChI=1S/C21H31NO2.ClH/c1-23-20-12-10-19(11-13-20)21(18-8-4-2-5-9-18)24-17-16-22-14-6-3-7-15-22;/h10-13H,2-9,14-17H2,1H3;1H. The van der Waals surface area contributed by atoms with Crippen molar-refractivity contribution in [3.05, 3.63) is 35.4 Å². The van der Waals surface area contributed by atoms with Crippen LogP contribution in [-0.2, 0) is 4.74 Å². The van der Waals surface area contributed by atoms with E-state index in [1.165, 1.54) is 75.6 Å². The maximum Gasteiger partial charge on any atom is 0.137 e. The largest absolute Gasteiger partial charge is 1.00 e. The van der Waals surface area contributed by atoms with Crippen LogP contribution in [0.2, 0.25) is 0 Å². The fraction of sp³-hybridized carbons (Fsp3) is 0.619. The first kappa shape index (κ1) is 20.1. The molecule has 1 aliphatic carbocycles. The molecule has 1 saturated carbocycles. The Kier molecular flexibility index (Phi) is 8.63. The summed E-state index contributed by atoms with van der Waals surface area (Å²) >= 11 is 0. The number of ether oxygens (including phenoxy) is 2. The van der Waals surface area contributed by atoms with Crippen LogP contribution in [0, 0.1) is 0 Å². The average molecular weight is 366 g/mol. The number of allylic oxidation sites excluding steroid dienone is 1. The fourth-order valence-electron chi connectivity index (χ4n) is 3.94. The number of quaternary nitrogens is 1. The molecule has 1 aromatic carbocycles. The van der Waals surface area contributed by atoms with Crippen molar-refractivity contribution in [2.24, 2.45) is 0 Å². The molecule has 0 atom stereocenters. The highest BCUT2D eigenvalue weighted by atomic mass is 35.5. The van der Waals surface area contributed by atoms with Gasteiger partial charge in [0.25, 0.3) is 0 Å². The number of methoxy groups -OCH3 is 1. The fourth-order valence-corrected chi connectivity index (χ4v) is 3.94. The van der Waals surface area contributed by atoms with Crippen LogP contribution in [0.3, 0.4) is 0 Å². The van der Waals surface area contributed by atoms with Gasteiger partial charge in [0.05, 0.1) is 20.2 Å². The van der Waals surface area contributed by atoms with Gasteiger partial charge in [0, 0.05) is 5.56 Å². The van der Waals surface area contributed by atoms with E-state index in [-0.39, 0.29) is 12.4 Å². The van der Waals surface area contributed by atoms with Gasteiger partial charge in [0.15, 0.2) is 0 Å². The average Bonchev–Trinajstić information content (AvgIpc) is 2.67. The normalized spacial score (nSPS) is 18.4. The van der Waals surface area contributed by atoms with Crippen LogP contribution in [0.4, 0.5) is 0 Å². The highest BCUT2D eigenvalue weighted by Gasteiger charge is 2.17. The van der Waals surface area contributed by atoms with Gasteiger partial charge >= 0.3 is 0 Å². The van der Waals surface area contributed by atoms with Crippen LogP contribution in [0.15, 0.2) is 29.8 Å². The zero-order chi connectivity index (χ0) is 16.6. The molecule has 1 saturated heterocycles. The van der Waals surface area contributed by atoms with E-state index in [4.69, 9.17) is 9.47 Å². The first-order chi connectivity index (χ1) is 11.9. The van der Waals surface area contributed by atoms with Crippen LogP contribution >= 0.6 is 0 Å². The van der Waals surface area contributed by atoms with Crippen molar-refractivity contribution in [1.82, 2.24) is 0 Å². The number of hydrogen-bond acceptors (Lipinski definition) is 2. The minimum Gasteiger partial charge on any atom is -1.00 e. The second-order valence-electron chi connectivity index (χ2n) is 7.13. The van der Waals surface area contributed by atoms with Crippen molar-refractivity contribution in [3.8, 4) is 5.75 Å². The van der Waals surface area contributed by atoms with Crippen LogP contribution in [0.25, 0.3) is 5.76 Å². The van der Waals surface area contributed by atoms with Crippen molar-refractivity contribution < 1.29 is 26.8 Å². The molecule has 1 aliphatic heterocycles. The third kappa shape index (κ3) is 5.93.